The minimum Gasteiger partial charge on any atom is -0.860 e. The monoisotopic (exact) mass is 749 g/mol. The van der Waals surface area contributed by atoms with Gasteiger partial charge in [-0.25, -0.2) is 0 Å². The molecule has 0 heterocycles. The van der Waals surface area contributed by atoms with Gasteiger partial charge in [0.25, 0.3) is 0 Å². The van der Waals surface area contributed by atoms with Gasteiger partial charge in [0, 0.05) is 11.8 Å². The van der Waals surface area contributed by atoms with Gasteiger partial charge < -0.3 is 19.1 Å². The molecule has 0 amide bonds. The number of benzene rings is 7. The van der Waals surface area contributed by atoms with Gasteiger partial charge in [-0.05, 0) is 114 Å². The Morgan fingerprint density at radius 1 is 0.556 bits per heavy atom. The van der Waals surface area contributed by atoms with Gasteiger partial charge >= 0.3 is 0 Å². The lowest BCUT2D eigenvalue weighted by Crippen LogP contribution is -2.50. The van der Waals surface area contributed by atoms with E-state index in [1.165, 1.54) is 34.0 Å². The third-order valence-corrected chi connectivity index (χ3v) is 20.3. The number of fused-ring (bicyclic) bond motifs is 4. The maximum Gasteiger partial charge on any atom is 0.192 e. The van der Waals surface area contributed by atoms with Gasteiger partial charge in [0.1, 0.15) is 36.2 Å². The highest BCUT2D eigenvalue weighted by Crippen LogP contribution is 2.56. The van der Waals surface area contributed by atoms with E-state index >= 15 is 0 Å². The van der Waals surface area contributed by atoms with Gasteiger partial charge in [-0.3, -0.25) is 0 Å². The van der Waals surface area contributed by atoms with Gasteiger partial charge in [-0.15, -0.1) is 0 Å². The van der Waals surface area contributed by atoms with E-state index in [0.29, 0.717) is 5.75 Å². The van der Waals surface area contributed by atoms with Crippen molar-refractivity contribution in [2.24, 2.45) is 0 Å². The highest BCUT2D eigenvalue weighted by atomic mass is 31.2. The Balaban J connectivity index is 0.000000196. The lowest BCUT2D eigenvalue weighted by atomic mass is 9.97. The molecule has 0 aromatic heterocycles. The van der Waals surface area contributed by atoms with Crippen LogP contribution in [0.1, 0.15) is 41.0 Å². The maximum absolute atomic E-state index is 10.9. The molecule has 0 saturated carbocycles. The summed E-state index contributed by atoms with van der Waals surface area (Å²) in [5.74, 6) is 0.341. The minimum atomic E-state index is -2.33. The molecule has 54 heavy (non-hydrogen) atoms. The zero-order valence-electron chi connectivity index (χ0n) is 32.2. The van der Waals surface area contributed by atoms with Crippen LogP contribution in [0.2, 0.25) is 18.1 Å². The van der Waals surface area contributed by atoms with Crippen molar-refractivity contribution >= 4 is 71.1 Å². The van der Waals surface area contributed by atoms with Gasteiger partial charge in [0.2, 0.25) is 0 Å². The summed E-state index contributed by atoms with van der Waals surface area (Å²) in [7, 11) is -5.81. The normalized spacial score (nSPS) is 12.1. The Bertz CT molecular complexity index is 2160. The van der Waals surface area contributed by atoms with Crippen LogP contribution < -0.4 is 30.6 Å². The number of hydrogen-bond acceptors (Lipinski definition) is 4. The van der Waals surface area contributed by atoms with E-state index in [4.69, 9.17) is 9.08 Å². The first-order valence-electron chi connectivity index (χ1n) is 19.2. The van der Waals surface area contributed by atoms with Gasteiger partial charge in [-0.2, -0.15) is 0 Å². The van der Waals surface area contributed by atoms with Crippen molar-refractivity contribution in [1.82, 2.24) is 0 Å². The Morgan fingerprint density at radius 3 is 1.52 bits per heavy atom. The molecule has 0 unspecified atom stereocenters. The fourth-order valence-electron chi connectivity index (χ4n) is 7.89. The molecule has 7 aromatic carbocycles. The second-order valence-corrected chi connectivity index (χ2v) is 22.9. The SMILES string of the molecule is CC[Si](CC)(CC)OC(C)(C)CC[P+](c1ccccc1)(c1ccccc1)c1ccccc1.[O-]B([O-])Oc1cccc2ccc3cc4ccccc4cc3c12. The number of rotatable bonds is 13. The van der Waals surface area contributed by atoms with Crippen LogP contribution in [0.15, 0.2) is 158 Å². The van der Waals surface area contributed by atoms with Crippen molar-refractivity contribution in [2.75, 3.05) is 6.16 Å². The first-order valence-corrected chi connectivity index (χ1v) is 23.7. The van der Waals surface area contributed by atoms with E-state index < -0.39 is 22.9 Å². The van der Waals surface area contributed by atoms with E-state index in [-0.39, 0.29) is 5.60 Å². The first-order chi connectivity index (χ1) is 26.1. The molecular formula is C47H51BO4PSi-. The molecule has 0 radical (unpaired) electrons. The zero-order chi connectivity index (χ0) is 38.2. The molecule has 276 valence electrons. The van der Waals surface area contributed by atoms with Crippen LogP contribution in [0.25, 0.3) is 32.3 Å². The summed E-state index contributed by atoms with van der Waals surface area (Å²) in [5, 5.41) is 32.2. The molecule has 0 saturated heterocycles. The smallest absolute Gasteiger partial charge is 0.192 e. The predicted molar refractivity (Wildman–Crippen MR) is 232 cm³/mol. The Morgan fingerprint density at radius 2 is 1.02 bits per heavy atom. The summed E-state index contributed by atoms with van der Waals surface area (Å²) in [5.41, 5.74) is -0.127. The largest absolute Gasteiger partial charge is 0.860 e. The van der Waals surface area contributed by atoms with Crippen LogP contribution in [-0.2, 0) is 4.43 Å². The molecule has 4 nitrogen and oxygen atoms in total. The molecule has 0 aliphatic carbocycles. The Hall–Kier alpha value is -4.29. The highest BCUT2D eigenvalue weighted by molar-refractivity contribution is 7.95. The number of hydrogen-bond donors (Lipinski definition) is 0. The topological polar surface area (TPSA) is 64.6 Å². The fourth-order valence-corrected chi connectivity index (χ4v) is 15.7. The van der Waals surface area contributed by atoms with Gasteiger partial charge in [-0.1, -0.05) is 124 Å². The van der Waals surface area contributed by atoms with E-state index in [1.54, 1.807) is 12.1 Å². The Kier molecular flexibility index (Phi) is 12.7. The lowest BCUT2D eigenvalue weighted by Gasteiger charge is -2.39. The molecule has 0 fully saturated rings. The average Bonchev–Trinajstić information content (AvgIpc) is 3.21. The predicted octanol–water partition coefficient (Wildman–Crippen LogP) is 9.40. The van der Waals surface area contributed by atoms with Crippen LogP contribution in [0.4, 0.5) is 0 Å². The van der Waals surface area contributed by atoms with E-state index in [2.05, 4.69) is 144 Å². The van der Waals surface area contributed by atoms with Gasteiger partial charge in [0.15, 0.2) is 8.32 Å². The summed E-state index contributed by atoms with van der Waals surface area (Å²) in [4.78, 5) is 0. The van der Waals surface area contributed by atoms with E-state index in [9.17, 15) is 10.0 Å². The molecule has 7 aromatic rings. The molecule has 0 spiro atoms. The van der Waals surface area contributed by atoms with E-state index in [1.807, 2.05) is 36.4 Å². The molecule has 0 aliphatic rings. The average molecular weight is 750 g/mol. The van der Waals surface area contributed by atoms with Crippen LogP contribution in [0.3, 0.4) is 0 Å². The maximum atomic E-state index is 10.9. The van der Waals surface area contributed by atoms with Crippen LogP contribution in [0.5, 0.6) is 5.75 Å². The molecule has 0 bridgehead atoms. The molecule has 0 aliphatic heterocycles. The van der Waals surface area contributed by atoms with Crippen molar-refractivity contribution in [1.29, 1.82) is 0 Å². The minimum absolute atomic E-state index is 0.127. The molecule has 0 atom stereocenters. The summed E-state index contributed by atoms with van der Waals surface area (Å²) >= 11 is 0. The summed E-state index contributed by atoms with van der Waals surface area (Å²) in [6, 6.07) is 58.9. The first kappa shape index (κ1) is 39.4. The summed E-state index contributed by atoms with van der Waals surface area (Å²) in [6.45, 7) is 11.6. The standard InChI is InChI=1S/C29H40OPSi.C18H11BO3/c1-6-32(7-2,8-3)30-29(4,5)24-25-31(26-18-12-9-13-19-26,27-20-14-10-15-21-27)28-22-16-11-17-23-28;20-19(21)22-17-7-3-6-12-8-9-15-10-13-4-1-2-5-14(13)11-16(15)18(12)17/h9-23H,6-8,24-25H2,1-5H3;1-11H/q+1;-2. The van der Waals surface area contributed by atoms with E-state index in [0.717, 1.165) is 44.9 Å². The zero-order valence-corrected chi connectivity index (χ0v) is 34.1. The van der Waals surface area contributed by atoms with Crippen LogP contribution in [0, 0.1) is 0 Å². The van der Waals surface area contributed by atoms with Crippen molar-refractivity contribution in [3.05, 3.63) is 158 Å². The summed E-state index contributed by atoms with van der Waals surface area (Å²) in [6.07, 6.45) is 2.16. The molecule has 0 N–H and O–H groups in total. The Labute approximate surface area is 323 Å². The lowest BCUT2D eigenvalue weighted by molar-refractivity contribution is -0.372. The molecule has 7 rings (SSSR count). The van der Waals surface area contributed by atoms with Crippen LogP contribution >= 0.6 is 7.26 Å². The third kappa shape index (κ3) is 8.65. The summed E-state index contributed by atoms with van der Waals surface area (Å²) < 4.78 is 12.0. The quantitative estimate of drug-likeness (QED) is 0.0510. The molecular weight excluding hydrogens is 698 g/mol. The van der Waals surface area contributed by atoms with Crippen LogP contribution in [-0.4, -0.2) is 27.4 Å². The fraction of sp³-hybridized carbons (Fsp3) is 0.234. The molecule has 7 heteroatoms. The third-order valence-electron chi connectivity index (χ3n) is 11.0. The van der Waals surface area contributed by atoms with Crippen molar-refractivity contribution in [3.63, 3.8) is 0 Å². The van der Waals surface area contributed by atoms with Crippen molar-refractivity contribution < 1.29 is 19.1 Å². The second-order valence-electron chi connectivity index (χ2n) is 14.6. The van der Waals surface area contributed by atoms with Gasteiger partial charge in [0.05, 0.1) is 11.8 Å². The second kappa shape index (κ2) is 17.5. The van der Waals surface area contributed by atoms with Crippen molar-refractivity contribution in [2.45, 2.75) is 64.8 Å². The highest BCUT2D eigenvalue weighted by Gasteiger charge is 2.47. The van der Waals surface area contributed by atoms with Crippen molar-refractivity contribution in [3.8, 4) is 5.75 Å².